The lowest BCUT2D eigenvalue weighted by atomic mass is 10.0. The van der Waals surface area contributed by atoms with Crippen molar-refractivity contribution in [3.63, 3.8) is 0 Å². The van der Waals surface area contributed by atoms with Crippen LogP contribution < -0.4 is 5.32 Å². The topological polar surface area (TPSA) is 32.3 Å². The Labute approximate surface area is 86.2 Å². The first-order valence-corrected chi connectivity index (χ1v) is 5.35. The van der Waals surface area contributed by atoms with Crippen LogP contribution in [0.5, 0.6) is 0 Å². The number of carbonyl (C=O) groups is 1. The summed E-state index contributed by atoms with van der Waals surface area (Å²) in [6, 6.07) is 0. The highest BCUT2D eigenvalue weighted by Crippen LogP contribution is 2.14. The number of nitrogens with zero attached hydrogens (tertiary/aromatic N) is 1. The van der Waals surface area contributed by atoms with Crippen molar-refractivity contribution >= 4 is 5.91 Å². The van der Waals surface area contributed by atoms with Gasteiger partial charge in [-0.2, -0.15) is 0 Å². The minimum Gasteiger partial charge on any atom is -0.351 e. The van der Waals surface area contributed by atoms with Crippen molar-refractivity contribution in [1.29, 1.82) is 0 Å². The van der Waals surface area contributed by atoms with Crippen LogP contribution in [-0.2, 0) is 4.79 Å². The van der Waals surface area contributed by atoms with Crippen molar-refractivity contribution in [1.82, 2.24) is 10.2 Å². The minimum absolute atomic E-state index is 0.0740. The van der Waals surface area contributed by atoms with Crippen LogP contribution in [0.15, 0.2) is 12.7 Å². The molecule has 0 unspecified atom stereocenters. The molecule has 0 saturated carbocycles. The lowest BCUT2D eigenvalue weighted by Crippen LogP contribution is -2.39. The molecule has 0 aliphatic carbocycles. The van der Waals surface area contributed by atoms with E-state index in [2.05, 4.69) is 23.7 Å². The summed E-state index contributed by atoms with van der Waals surface area (Å²) in [7, 11) is 0. The second-order valence-corrected chi connectivity index (χ2v) is 4.04. The Morgan fingerprint density at radius 3 is 3.14 bits per heavy atom. The molecule has 0 radical (unpaired) electrons. The summed E-state index contributed by atoms with van der Waals surface area (Å²) in [6.45, 7) is 9.74. The van der Waals surface area contributed by atoms with Gasteiger partial charge in [0.2, 0.25) is 5.91 Å². The molecule has 0 bridgehead atoms. The molecular formula is C11H20N2O. The molecule has 1 atom stereocenters. The van der Waals surface area contributed by atoms with E-state index < -0.39 is 0 Å². The summed E-state index contributed by atoms with van der Waals surface area (Å²) in [4.78, 5) is 13.3. The largest absolute Gasteiger partial charge is 0.351 e. The smallest absolute Gasteiger partial charge is 0.243 e. The summed E-state index contributed by atoms with van der Waals surface area (Å²) in [6.07, 6.45) is 3.95. The first-order chi connectivity index (χ1) is 6.72. The molecule has 0 aromatic heterocycles. The first-order valence-electron chi connectivity index (χ1n) is 5.35. The maximum absolute atomic E-state index is 10.9. The van der Waals surface area contributed by atoms with Crippen LogP contribution in [0, 0.1) is 5.92 Å². The van der Waals surface area contributed by atoms with Crippen LogP contribution in [0.4, 0.5) is 0 Å². The second kappa shape index (κ2) is 5.81. The van der Waals surface area contributed by atoms with Crippen molar-refractivity contribution in [3.8, 4) is 0 Å². The Bertz CT molecular complexity index is 203. The van der Waals surface area contributed by atoms with E-state index in [-0.39, 0.29) is 5.91 Å². The molecule has 0 spiro atoms. The Morgan fingerprint density at radius 2 is 2.50 bits per heavy atom. The molecule has 3 nitrogen and oxygen atoms in total. The van der Waals surface area contributed by atoms with Gasteiger partial charge in [-0.25, -0.2) is 0 Å². The average molecular weight is 196 g/mol. The van der Waals surface area contributed by atoms with Crippen LogP contribution >= 0.6 is 0 Å². The molecule has 1 N–H and O–H groups in total. The number of likely N-dealkylation sites (tertiary alicyclic amines) is 1. The normalized spacial score (nSPS) is 23.1. The van der Waals surface area contributed by atoms with Crippen LogP contribution in [-0.4, -0.2) is 37.0 Å². The third kappa shape index (κ3) is 3.92. The molecule has 80 valence electrons. The van der Waals surface area contributed by atoms with Gasteiger partial charge in [-0.15, -0.1) is 0 Å². The molecule has 1 heterocycles. The van der Waals surface area contributed by atoms with E-state index >= 15 is 0 Å². The summed E-state index contributed by atoms with van der Waals surface area (Å²) >= 11 is 0. The zero-order chi connectivity index (χ0) is 10.4. The maximum atomic E-state index is 10.9. The maximum Gasteiger partial charge on any atom is 0.243 e. The Morgan fingerprint density at radius 1 is 1.71 bits per heavy atom. The lowest BCUT2D eigenvalue weighted by molar-refractivity contribution is -0.116. The van der Waals surface area contributed by atoms with Crippen molar-refractivity contribution in [3.05, 3.63) is 12.7 Å². The number of nitrogens with one attached hydrogen (secondary N) is 1. The molecule has 14 heavy (non-hydrogen) atoms. The van der Waals surface area contributed by atoms with E-state index in [4.69, 9.17) is 0 Å². The van der Waals surface area contributed by atoms with E-state index in [1.807, 2.05) is 0 Å². The monoisotopic (exact) mass is 196 g/mol. The summed E-state index contributed by atoms with van der Waals surface area (Å²) in [5, 5.41) is 2.80. The van der Waals surface area contributed by atoms with Gasteiger partial charge >= 0.3 is 0 Å². The van der Waals surface area contributed by atoms with E-state index in [0.717, 1.165) is 19.0 Å². The van der Waals surface area contributed by atoms with Crippen molar-refractivity contribution < 1.29 is 4.79 Å². The molecule has 1 fully saturated rings. The fraction of sp³-hybridized carbons (Fsp3) is 0.727. The minimum atomic E-state index is -0.0740. The van der Waals surface area contributed by atoms with Crippen molar-refractivity contribution in [2.75, 3.05) is 26.2 Å². The van der Waals surface area contributed by atoms with Crippen LogP contribution in [0.3, 0.4) is 0 Å². The Kier molecular flexibility index (Phi) is 4.66. The third-order valence-electron chi connectivity index (χ3n) is 2.65. The zero-order valence-electron chi connectivity index (χ0n) is 8.96. The quantitative estimate of drug-likeness (QED) is 0.681. The van der Waals surface area contributed by atoms with E-state index in [0.29, 0.717) is 0 Å². The summed E-state index contributed by atoms with van der Waals surface area (Å²) in [5.41, 5.74) is 0. The number of rotatable bonds is 4. The summed E-state index contributed by atoms with van der Waals surface area (Å²) < 4.78 is 0. The third-order valence-corrected chi connectivity index (χ3v) is 2.65. The van der Waals surface area contributed by atoms with Gasteiger partial charge < -0.3 is 10.2 Å². The molecular weight excluding hydrogens is 176 g/mol. The van der Waals surface area contributed by atoms with E-state index in [1.54, 1.807) is 0 Å². The highest BCUT2D eigenvalue weighted by Gasteiger charge is 2.15. The molecule has 1 amide bonds. The summed E-state index contributed by atoms with van der Waals surface area (Å²) in [5.74, 6) is 0.730. The number of carbonyl (C=O) groups excluding carboxylic acids is 1. The van der Waals surface area contributed by atoms with E-state index in [9.17, 15) is 4.79 Å². The van der Waals surface area contributed by atoms with Crippen LogP contribution in [0.25, 0.3) is 0 Å². The van der Waals surface area contributed by atoms with Gasteiger partial charge in [-0.05, 0) is 31.4 Å². The van der Waals surface area contributed by atoms with Gasteiger partial charge in [0.15, 0.2) is 0 Å². The second-order valence-electron chi connectivity index (χ2n) is 4.04. The van der Waals surface area contributed by atoms with Gasteiger partial charge in [-0.1, -0.05) is 13.5 Å². The zero-order valence-corrected chi connectivity index (χ0v) is 8.96. The standard InChI is InChI=1S/C11H20N2O/c1-3-11(14)12-6-8-13-7-4-5-10(2)9-13/h3,10H,1,4-9H2,2H3,(H,12,14)/t10-/m1/s1. The molecule has 0 aromatic carbocycles. The van der Waals surface area contributed by atoms with Crippen LogP contribution in [0.1, 0.15) is 19.8 Å². The van der Waals surface area contributed by atoms with Gasteiger partial charge in [0, 0.05) is 19.6 Å². The first kappa shape index (κ1) is 11.2. The van der Waals surface area contributed by atoms with Crippen LogP contribution in [0.2, 0.25) is 0 Å². The number of piperidine rings is 1. The number of amides is 1. The average Bonchev–Trinajstić information content (AvgIpc) is 2.17. The molecule has 0 aromatic rings. The fourth-order valence-electron chi connectivity index (χ4n) is 1.90. The SMILES string of the molecule is C=CC(=O)NCCN1CCC[C@@H](C)C1. The molecule has 1 rings (SSSR count). The molecule has 1 aliphatic rings. The molecule has 1 saturated heterocycles. The van der Waals surface area contributed by atoms with Gasteiger partial charge in [0.05, 0.1) is 0 Å². The predicted molar refractivity (Wildman–Crippen MR) is 58.0 cm³/mol. The molecule has 1 aliphatic heterocycles. The van der Waals surface area contributed by atoms with Gasteiger partial charge in [-0.3, -0.25) is 4.79 Å². The Hall–Kier alpha value is -0.830. The number of hydrogen-bond donors (Lipinski definition) is 1. The fourth-order valence-corrected chi connectivity index (χ4v) is 1.90. The highest BCUT2D eigenvalue weighted by molar-refractivity contribution is 5.86. The van der Waals surface area contributed by atoms with Crippen molar-refractivity contribution in [2.24, 2.45) is 5.92 Å². The Balaban J connectivity index is 2.11. The van der Waals surface area contributed by atoms with Gasteiger partial charge in [0.1, 0.15) is 0 Å². The van der Waals surface area contributed by atoms with Crippen molar-refractivity contribution in [2.45, 2.75) is 19.8 Å². The number of hydrogen-bond acceptors (Lipinski definition) is 2. The highest BCUT2D eigenvalue weighted by atomic mass is 16.1. The lowest BCUT2D eigenvalue weighted by Gasteiger charge is -2.30. The molecule has 3 heteroatoms. The van der Waals surface area contributed by atoms with E-state index in [1.165, 1.54) is 32.0 Å². The predicted octanol–water partition coefficient (Wildman–Crippen LogP) is 1.02. The van der Waals surface area contributed by atoms with Gasteiger partial charge in [0.25, 0.3) is 0 Å².